The maximum atomic E-state index is 9.78. The molecule has 0 radical (unpaired) electrons. The molecular weight excluding hydrogens is 276 g/mol. The van der Waals surface area contributed by atoms with E-state index in [9.17, 15) is 10.2 Å². The van der Waals surface area contributed by atoms with Gasteiger partial charge in [0.1, 0.15) is 5.82 Å². The molecule has 2 aromatic rings. The van der Waals surface area contributed by atoms with Crippen LogP contribution in [0.25, 0.3) is 0 Å². The number of hydrogen-bond acceptors (Lipinski definition) is 3. The fraction of sp³-hybridized carbons (Fsp3) is 0.400. The lowest BCUT2D eigenvalue weighted by Gasteiger charge is -2.30. The molecule has 20 heavy (non-hydrogen) atoms. The van der Waals surface area contributed by atoms with Crippen LogP contribution in [0.15, 0.2) is 36.7 Å². The van der Waals surface area contributed by atoms with Crippen LogP contribution in [0.1, 0.15) is 17.8 Å². The van der Waals surface area contributed by atoms with E-state index in [0.717, 1.165) is 11.4 Å². The third-order valence-electron chi connectivity index (χ3n) is 3.81. The Morgan fingerprint density at radius 3 is 2.35 bits per heavy atom. The molecule has 5 heteroatoms. The van der Waals surface area contributed by atoms with Crippen LogP contribution in [0.5, 0.6) is 0 Å². The molecule has 0 spiro atoms. The van der Waals surface area contributed by atoms with Crippen LogP contribution in [-0.2, 0) is 18.9 Å². The van der Waals surface area contributed by atoms with Crippen molar-refractivity contribution in [2.45, 2.75) is 18.3 Å². The van der Waals surface area contributed by atoms with Crippen molar-refractivity contribution in [3.63, 3.8) is 0 Å². The summed E-state index contributed by atoms with van der Waals surface area (Å²) >= 11 is 5.89. The van der Waals surface area contributed by atoms with E-state index in [-0.39, 0.29) is 13.2 Å². The fourth-order valence-corrected chi connectivity index (χ4v) is 2.45. The molecule has 0 aliphatic rings. The molecule has 0 aliphatic carbocycles. The normalized spacial score (nSPS) is 11.8. The lowest BCUT2D eigenvalue weighted by atomic mass is 9.78. The number of rotatable bonds is 6. The molecule has 0 fully saturated rings. The topological polar surface area (TPSA) is 58.3 Å². The summed E-state index contributed by atoms with van der Waals surface area (Å²) < 4.78 is 1.95. The Labute approximate surface area is 123 Å². The van der Waals surface area contributed by atoms with E-state index in [2.05, 4.69) is 4.98 Å². The molecule has 1 heterocycles. The van der Waals surface area contributed by atoms with Crippen LogP contribution in [0.2, 0.25) is 5.02 Å². The summed E-state index contributed by atoms with van der Waals surface area (Å²) in [4.78, 5) is 4.27. The van der Waals surface area contributed by atoms with Gasteiger partial charge in [-0.05, 0) is 24.1 Å². The van der Waals surface area contributed by atoms with Gasteiger partial charge in [0.05, 0.1) is 13.2 Å². The van der Waals surface area contributed by atoms with Crippen molar-refractivity contribution in [2.24, 2.45) is 7.05 Å². The maximum absolute atomic E-state index is 9.78. The second-order valence-corrected chi connectivity index (χ2v) is 5.49. The van der Waals surface area contributed by atoms with E-state index in [1.807, 2.05) is 29.9 Å². The molecule has 0 amide bonds. The first kappa shape index (κ1) is 15.0. The van der Waals surface area contributed by atoms with Gasteiger partial charge in [-0.25, -0.2) is 4.98 Å². The van der Waals surface area contributed by atoms with Crippen LogP contribution in [0.4, 0.5) is 0 Å². The molecule has 1 aromatic heterocycles. The van der Waals surface area contributed by atoms with E-state index in [0.29, 0.717) is 17.9 Å². The Morgan fingerprint density at radius 1 is 1.20 bits per heavy atom. The van der Waals surface area contributed by atoms with Crippen molar-refractivity contribution >= 4 is 11.6 Å². The molecule has 0 unspecified atom stereocenters. The van der Waals surface area contributed by atoms with E-state index >= 15 is 0 Å². The van der Waals surface area contributed by atoms with Gasteiger partial charge in [-0.2, -0.15) is 0 Å². The smallest absolute Gasteiger partial charge is 0.108 e. The fourth-order valence-electron chi connectivity index (χ4n) is 2.33. The average Bonchev–Trinajstić information content (AvgIpc) is 2.88. The molecule has 0 bridgehead atoms. The number of benzene rings is 1. The zero-order valence-corrected chi connectivity index (χ0v) is 12.2. The second-order valence-electron chi connectivity index (χ2n) is 5.06. The highest BCUT2D eigenvalue weighted by Gasteiger charge is 2.31. The van der Waals surface area contributed by atoms with Crippen molar-refractivity contribution in [3.8, 4) is 0 Å². The molecule has 0 saturated heterocycles. The molecule has 0 aliphatic heterocycles. The van der Waals surface area contributed by atoms with Gasteiger partial charge in [0.15, 0.2) is 0 Å². The molecule has 0 atom stereocenters. The van der Waals surface area contributed by atoms with Crippen molar-refractivity contribution in [1.82, 2.24) is 9.55 Å². The summed E-state index contributed by atoms with van der Waals surface area (Å²) in [5.41, 5.74) is 0.220. The van der Waals surface area contributed by atoms with Crippen molar-refractivity contribution < 1.29 is 10.2 Å². The lowest BCUT2D eigenvalue weighted by Crippen LogP contribution is -2.35. The van der Waals surface area contributed by atoms with Gasteiger partial charge in [0, 0.05) is 36.3 Å². The minimum absolute atomic E-state index is 0.116. The standard InChI is InChI=1S/C15H19ClN2O2/c1-18-9-8-17-14(18)6-7-15(10-19,11-20)12-2-4-13(16)5-3-12/h2-5,8-9,19-20H,6-7,10-11H2,1H3. The van der Waals surface area contributed by atoms with E-state index in [1.165, 1.54) is 0 Å². The summed E-state index contributed by atoms with van der Waals surface area (Å²) in [5.74, 6) is 0.935. The molecule has 2 N–H and O–H groups in total. The van der Waals surface area contributed by atoms with Crippen LogP contribution in [-0.4, -0.2) is 33.0 Å². The quantitative estimate of drug-likeness (QED) is 0.856. The van der Waals surface area contributed by atoms with Gasteiger partial charge < -0.3 is 14.8 Å². The number of aromatic nitrogens is 2. The van der Waals surface area contributed by atoms with Gasteiger partial charge in [0.2, 0.25) is 0 Å². The van der Waals surface area contributed by atoms with Crippen LogP contribution >= 0.6 is 11.6 Å². The van der Waals surface area contributed by atoms with Crippen molar-refractivity contribution in [2.75, 3.05) is 13.2 Å². The Balaban J connectivity index is 2.21. The van der Waals surface area contributed by atoms with Crippen LogP contribution in [0.3, 0.4) is 0 Å². The summed E-state index contributed by atoms with van der Waals surface area (Å²) in [6, 6.07) is 7.26. The van der Waals surface area contributed by atoms with E-state index in [4.69, 9.17) is 11.6 Å². The number of nitrogens with zero attached hydrogens (tertiary/aromatic N) is 2. The summed E-state index contributed by atoms with van der Waals surface area (Å²) in [6.45, 7) is -0.231. The van der Waals surface area contributed by atoms with Gasteiger partial charge in [0.25, 0.3) is 0 Å². The molecule has 4 nitrogen and oxygen atoms in total. The molecular formula is C15H19ClN2O2. The summed E-state index contributed by atoms with van der Waals surface area (Å²) in [5, 5.41) is 20.2. The summed E-state index contributed by atoms with van der Waals surface area (Å²) in [7, 11) is 1.93. The van der Waals surface area contributed by atoms with Crippen LogP contribution < -0.4 is 0 Å². The zero-order valence-electron chi connectivity index (χ0n) is 11.5. The molecule has 1 aromatic carbocycles. The third kappa shape index (κ3) is 3.03. The van der Waals surface area contributed by atoms with Crippen molar-refractivity contribution in [3.05, 3.63) is 53.1 Å². The van der Waals surface area contributed by atoms with Gasteiger partial charge in [-0.1, -0.05) is 23.7 Å². The van der Waals surface area contributed by atoms with Crippen LogP contribution in [0, 0.1) is 0 Å². The Hall–Kier alpha value is -1.36. The number of aryl methyl sites for hydroxylation is 2. The summed E-state index contributed by atoms with van der Waals surface area (Å²) in [6.07, 6.45) is 4.94. The number of aliphatic hydroxyl groups is 2. The number of halogens is 1. The first-order valence-corrected chi connectivity index (χ1v) is 6.93. The van der Waals surface area contributed by atoms with E-state index in [1.54, 1.807) is 18.3 Å². The predicted molar refractivity (Wildman–Crippen MR) is 78.8 cm³/mol. The van der Waals surface area contributed by atoms with Gasteiger partial charge >= 0.3 is 0 Å². The van der Waals surface area contributed by atoms with E-state index < -0.39 is 5.41 Å². The first-order valence-electron chi connectivity index (χ1n) is 6.55. The lowest BCUT2D eigenvalue weighted by molar-refractivity contribution is 0.109. The highest BCUT2D eigenvalue weighted by molar-refractivity contribution is 6.30. The number of hydrogen-bond donors (Lipinski definition) is 2. The van der Waals surface area contributed by atoms with Crippen molar-refractivity contribution in [1.29, 1.82) is 0 Å². The molecule has 2 rings (SSSR count). The first-order chi connectivity index (χ1) is 9.61. The average molecular weight is 295 g/mol. The second kappa shape index (κ2) is 6.39. The maximum Gasteiger partial charge on any atom is 0.108 e. The zero-order chi connectivity index (χ0) is 14.6. The highest BCUT2D eigenvalue weighted by atomic mass is 35.5. The Bertz CT molecular complexity index is 547. The minimum Gasteiger partial charge on any atom is -0.395 e. The molecule has 0 saturated carbocycles. The highest BCUT2D eigenvalue weighted by Crippen LogP contribution is 2.29. The third-order valence-corrected chi connectivity index (χ3v) is 4.06. The monoisotopic (exact) mass is 294 g/mol. The number of imidazole rings is 1. The Kier molecular flexibility index (Phi) is 4.81. The predicted octanol–water partition coefficient (Wildman–Crippen LogP) is 1.93. The minimum atomic E-state index is -0.670. The molecule has 108 valence electrons. The van der Waals surface area contributed by atoms with Gasteiger partial charge in [-0.15, -0.1) is 0 Å². The Morgan fingerprint density at radius 2 is 1.85 bits per heavy atom. The SMILES string of the molecule is Cn1ccnc1CCC(CO)(CO)c1ccc(Cl)cc1. The number of aliphatic hydroxyl groups excluding tert-OH is 2. The largest absolute Gasteiger partial charge is 0.395 e. The van der Waals surface area contributed by atoms with Gasteiger partial charge in [-0.3, -0.25) is 0 Å².